The topological polar surface area (TPSA) is 86.8 Å². The Morgan fingerprint density at radius 1 is 1.19 bits per heavy atom. The van der Waals surface area contributed by atoms with Gasteiger partial charge < -0.3 is 23.8 Å². The molecule has 1 aromatic carbocycles. The molecule has 0 aliphatic heterocycles. The Kier molecular flexibility index (Phi) is 5.53. The Hall–Kier alpha value is -2.12. The van der Waals surface area contributed by atoms with Crippen LogP contribution >= 0.6 is 0 Å². The first kappa shape index (κ1) is 15.3. The molecule has 0 saturated carbocycles. The molecular formula is C14H18N2O5. The van der Waals surface area contributed by atoms with Gasteiger partial charge in [0.15, 0.2) is 17.3 Å². The molecule has 2 rings (SSSR count). The van der Waals surface area contributed by atoms with Crippen LogP contribution in [0.15, 0.2) is 22.7 Å². The average Bonchev–Trinajstić information content (AvgIpc) is 2.96. The summed E-state index contributed by atoms with van der Waals surface area (Å²) >= 11 is 0. The predicted octanol–water partition coefficient (Wildman–Crippen LogP) is 1.66. The molecule has 7 heteroatoms. The van der Waals surface area contributed by atoms with Crippen molar-refractivity contribution in [2.75, 3.05) is 34.0 Å². The minimum absolute atomic E-state index is 0.0217. The summed E-state index contributed by atoms with van der Waals surface area (Å²) in [5, 5.41) is 13.9. The number of hydrogen-bond donors (Lipinski definition) is 1. The molecule has 7 nitrogen and oxygen atoms in total. The maximum atomic E-state index is 10.0. The van der Waals surface area contributed by atoms with E-state index in [2.05, 4.69) is 10.1 Å². The number of phenols is 1. The minimum Gasteiger partial charge on any atom is -0.504 e. The molecule has 0 amide bonds. The third-order valence-electron chi connectivity index (χ3n) is 2.82. The van der Waals surface area contributed by atoms with Crippen LogP contribution in [-0.4, -0.2) is 49.3 Å². The summed E-state index contributed by atoms with van der Waals surface area (Å²) in [5.74, 6) is 1.10. The van der Waals surface area contributed by atoms with Crippen LogP contribution in [-0.2, 0) is 15.9 Å². The minimum atomic E-state index is -0.0217. The number of ether oxygens (including phenoxy) is 3. The molecule has 1 heterocycles. The van der Waals surface area contributed by atoms with Crippen molar-refractivity contribution < 1.29 is 23.8 Å². The Bertz CT molecular complexity index is 570. The predicted molar refractivity (Wildman–Crippen MR) is 74.3 cm³/mol. The lowest BCUT2D eigenvalue weighted by Gasteiger charge is -2.04. The molecule has 1 aromatic heterocycles. The van der Waals surface area contributed by atoms with Gasteiger partial charge in [0.05, 0.1) is 32.5 Å². The second-order valence-electron chi connectivity index (χ2n) is 4.23. The number of hydrogen-bond acceptors (Lipinski definition) is 7. The zero-order chi connectivity index (χ0) is 15.1. The average molecular weight is 294 g/mol. The van der Waals surface area contributed by atoms with E-state index in [1.807, 2.05) is 0 Å². The van der Waals surface area contributed by atoms with E-state index in [1.54, 1.807) is 25.3 Å². The zero-order valence-corrected chi connectivity index (χ0v) is 12.0. The second-order valence-corrected chi connectivity index (χ2v) is 4.23. The van der Waals surface area contributed by atoms with Gasteiger partial charge in [0.1, 0.15) is 0 Å². The summed E-state index contributed by atoms with van der Waals surface area (Å²) in [6, 6.07) is 5.08. The van der Waals surface area contributed by atoms with Crippen LogP contribution in [0, 0.1) is 0 Å². The van der Waals surface area contributed by atoms with Crippen LogP contribution in [0.3, 0.4) is 0 Å². The summed E-state index contributed by atoms with van der Waals surface area (Å²) in [5.41, 5.74) is 0.438. The quantitative estimate of drug-likeness (QED) is 0.741. The highest BCUT2D eigenvalue weighted by Crippen LogP contribution is 2.35. The summed E-state index contributed by atoms with van der Waals surface area (Å²) < 4.78 is 20.4. The molecule has 0 unspecified atom stereocenters. The van der Waals surface area contributed by atoms with E-state index in [-0.39, 0.29) is 11.6 Å². The molecule has 0 saturated heterocycles. The van der Waals surface area contributed by atoms with Crippen molar-refractivity contribution in [1.29, 1.82) is 0 Å². The van der Waals surface area contributed by atoms with Crippen molar-refractivity contribution in [2.45, 2.75) is 6.42 Å². The Labute approximate surface area is 122 Å². The monoisotopic (exact) mass is 294 g/mol. The second kappa shape index (κ2) is 7.61. The van der Waals surface area contributed by atoms with Crippen molar-refractivity contribution in [3.63, 3.8) is 0 Å². The van der Waals surface area contributed by atoms with Gasteiger partial charge in [-0.05, 0) is 12.1 Å². The lowest BCUT2D eigenvalue weighted by molar-refractivity contribution is 0.0714. The Morgan fingerprint density at radius 3 is 2.81 bits per heavy atom. The molecule has 2 aromatic rings. The number of para-hydroxylation sites is 1. The number of aromatic nitrogens is 2. The third kappa shape index (κ3) is 3.93. The number of benzene rings is 1. The van der Waals surface area contributed by atoms with E-state index in [1.165, 1.54) is 7.11 Å². The molecular weight excluding hydrogens is 276 g/mol. The fourth-order valence-electron chi connectivity index (χ4n) is 1.73. The molecule has 0 aliphatic rings. The van der Waals surface area contributed by atoms with Crippen molar-refractivity contribution in [2.24, 2.45) is 0 Å². The number of nitrogens with zero attached hydrogens (tertiary/aromatic N) is 2. The van der Waals surface area contributed by atoms with Crippen LogP contribution in [0.4, 0.5) is 0 Å². The number of aromatic hydroxyl groups is 1. The summed E-state index contributed by atoms with van der Waals surface area (Å²) in [4.78, 5) is 4.23. The highest BCUT2D eigenvalue weighted by molar-refractivity contribution is 5.66. The van der Waals surface area contributed by atoms with Gasteiger partial charge in [-0.15, -0.1) is 0 Å². The van der Waals surface area contributed by atoms with E-state index >= 15 is 0 Å². The zero-order valence-electron chi connectivity index (χ0n) is 12.0. The van der Waals surface area contributed by atoms with Crippen LogP contribution < -0.4 is 4.74 Å². The molecule has 21 heavy (non-hydrogen) atoms. The van der Waals surface area contributed by atoms with Crippen molar-refractivity contribution in [3.05, 3.63) is 24.0 Å². The first-order chi connectivity index (χ1) is 10.3. The molecule has 0 spiro atoms. The molecule has 0 fully saturated rings. The van der Waals surface area contributed by atoms with Crippen molar-refractivity contribution in [3.8, 4) is 23.0 Å². The van der Waals surface area contributed by atoms with Crippen molar-refractivity contribution in [1.82, 2.24) is 10.1 Å². The molecule has 0 atom stereocenters. The number of phenolic OH excluding ortho intramolecular Hbond substituents is 1. The van der Waals surface area contributed by atoms with Gasteiger partial charge in [-0.25, -0.2) is 0 Å². The van der Waals surface area contributed by atoms with E-state index in [4.69, 9.17) is 18.7 Å². The SMILES string of the molecule is COCCOCCc1noc(-c2cccc(OC)c2O)n1. The molecule has 0 radical (unpaired) electrons. The van der Waals surface area contributed by atoms with Gasteiger partial charge in [0.25, 0.3) is 5.89 Å². The lowest BCUT2D eigenvalue weighted by Crippen LogP contribution is -2.05. The van der Waals surface area contributed by atoms with Crippen molar-refractivity contribution >= 4 is 0 Å². The van der Waals surface area contributed by atoms with Crippen LogP contribution in [0.5, 0.6) is 11.5 Å². The molecule has 0 aliphatic carbocycles. The summed E-state index contributed by atoms with van der Waals surface area (Å²) in [6.45, 7) is 1.56. The van der Waals surface area contributed by atoms with E-state index < -0.39 is 0 Å². The van der Waals surface area contributed by atoms with Gasteiger partial charge in [-0.3, -0.25) is 0 Å². The summed E-state index contributed by atoms with van der Waals surface area (Å²) in [6.07, 6.45) is 0.526. The van der Waals surface area contributed by atoms with Gasteiger partial charge in [-0.2, -0.15) is 4.98 Å². The Morgan fingerprint density at radius 2 is 2.05 bits per heavy atom. The van der Waals surface area contributed by atoms with E-state index in [0.29, 0.717) is 43.4 Å². The van der Waals surface area contributed by atoms with Gasteiger partial charge in [0, 0.05) is 13.5 Å². The fourth-order valence-corrected chi connectivity index (χ4v) is 1.73. The number of methoxy groups -OCH3 is 2. The van der Waals surface area contributed by atoms with Gasteiger partial charge in [0.2, 0.25) is 0 Å². The molecule has 0 bridgehead atoms. The van der Waals surface area contributed by atoms with Crippen LogP contribution in [0.2, 0.25) is 0 Å². The summed E-state index contributed by atoms with van der Waals surface area (Å²) in [7, 11) is 3.10. The van der Waals surface area contributed by atoms with Crippen LogP contribution in [0.1, 0.15) is 5.82 Å². The molecule has 1 N–H and O–H groups in total. The van der Waals surface area contributed by atoms with Gasteiger partial charge >= 0.3 is 0 Å². The lowest BCUT2D eigenvalue weighted by atomic mass is 10.2. The normalized spacial score (nSPS) is 10.8. The number of rotatable bonds is 8. The molecule has 114 valence electrons. The third-order valence-corrected chi connectivity index (χ3v) is 2.82. The van der Waals surface area contributed by atoms with E-state index in [0.717, 1.165) is 0 Å². The largest absolute Gasteiger partial charge is 0.504 e. The van der Waals surface area contributed by atoms with E-state index in [9.17, 15) is 5.11 Å². The fraction of sp³-hybridized carbons (Fsp3) is 0.429. The Balaban J connectivity index is 2.00. The maximum absolute atomic E-state index is 10.0. The first-order valence-electron chi connectivity index (χ1n) is 6.52. The standard InChI is InChI=1S/C14H18N2O5/c1-18-8-9-20-7-6-12-15-14(21-16-12)10-4-3-5-11(19-2)13(10)17/h3-5,17H,6-9H2,1-2H3. The maximum Gasteiger partial charge on any atom is 0.261 e. The highest BCUT2D eigenvalue weighted by atomic mass is 16.5. The first-order valence-corrected chi connectivity index (χ1v) is 6.52. The van der Waals surface area contributed by atoms with Gasteiger partial charge in [-0.1, -0.05) is 11.2 Å². The smallest absolute Gasteiger partial charge is 0.261 e. The highest BCUT2D eigenvalue weighted by Gasteiger charge is 2.15. The van der Waals surface area contributed by atoms with Crippen LogP contribution in [0.25, 0.3) is 11.5 Å².